The quantitative estimate of drug-likeness (QED) is 0.310. The van der Waals surface area contributed by atoms with Gasteiger partial charge in [-0.15, -0.1) is 0 Å². The molecule has 10 heteroatoms. The number of halogens is 6. The summed E-state index contributed by atoms with van der Waals surface area (Å²) in [7, 11) is -10.7. The summed E-state index contributed by atoms with van der Waals surface area (Å²) in [5.41, 5.74) is 7.81. The molecule has 2 aromatic rings. The molecular weight excluding hydrogens is 441 g/mol. The van der Waals surface area contributed by atoms with E-state index in [0.29, 0.717) is 0 Å². The molecule has 0 saturated heterocycles. The molecule has 1 aliphatic heterocycles. The number of benzene rings is 2. The van der Waals surface area contributed by atoms with Crippen LogP contribution in [0.5, 0.6) is 0 Å². The third-order valence-corrected chi connectivity index (χ3v) is 5.33. The van der Waals surface area contributed by atoms with E-state index in [1.165, 1.54) is 33.5 Å². The molecular formula is C21H25F6N2OP. The minimum absolute atomic E-state index is 0.0808. The van der Waals surface area contributed by atoms with Gasteiger partial charge in [-0.25, -0.2) is 4.90 Å². The molecule has 1 heterocycles. The van der Waals surface area contributed by atoms with Crippen LogP contribution in [0.3, 0.4) is 0 Å². The topological polar surface area (TPSA) is 26.5 Å². The van der Waals surface area contributed by atoms with Gasteiger partial charge >= 0.3 is 33.0 Å². The van der Waals surface area contributed by atoms with E-state index in [1.807, 2.05) is 0 Å². The van der Waals surface area contributed by atoms with E-state index < -0.39 is 7.81 Å². The molecule has 1 N–H and O–H groups in total. The summed E-state index contributed by atoms with van der Waals surface area (Å²) < 4.78 is 61.5. The number of aliphatic hydroxyl groups excluding tert-OH is 1. The van der Waals surface area contributed by atoms with Gasteiger partial charge in [0.2, 0.25) is 6.34 Å². The molecule has 0 saturated carbocycles. The third-order valence-electron chi connectivity index (χ3n) is 5.33. The SMILES string of the molecule is Cc1cc(C)c(N2C=[N+]([C@H]3c4ccccc4C[C@H]3O)CC2)c(C)c1.F[P-](F)(F)(F)(F)F. The summed E-state index contributed by atoms with van der Waals surface area (Å²) in [6.07, 6.45) is 2.65. The zero-order valence-electron chi connectivity index (χ0n) is 17.4. The van der Waals surface area contributed by atoms with Gasteiger partial charge in [-0.2, -0.15) is 0 Å². The molecule has 172 valence electrons. The average molecular weight is 466 g/mol. The molecule has 3 nitrogen and oxygen atoms in total. The van der Waals surface area contributed by atoms with Crippen molar-refractivity contribution in [3.63, 3.8) is 0 Å². The van der Waals surface area contributed by atoms with Gasteiger partial charge in [0, 0.05) is 12.0 Å². The summed E-state index contributed by atoms with van der Waals surface area (Å²) in [5.74, 6) is 0. The van der Waals surface area contributed by atoms with Crippen LogP contribution in [0.15, 0.2) is 36.4 Å². The Morgan fingerprint density at radius 2 is 1.52 bits per heavy atom. The van der Waals surface area contributed by atoms with Crippen molar-refractivity contribution < 1.29 is 34.9 Å². The number of hydrogen-bond donors (Lipinski definition) is 1. The Morgan fingerprint density at radius 3 is 2.10 bits per heavy atom. The molecule has 1 aliphatic carbocycles. The monoisotopic (exact) mass is 466 g/mol. The molecule has 0 bridgehead atoms. The van der Waals surface area contributed by atoms with Gasteiger partial charge in [0.15, 0.2) is 0 Å². The maximum absolute atomic E-state index is 10.7. The van der Waals surface area contributed by atoms with Crippen LogP contribution in [0.1, 0.15) is 33.9 Å². The number of rotatable bonds is 2. The number of fused-ring (bicyclic) bond motifs is 1. The molecule has 31 heavy (non-hydrogen) atoms. The van der Waals surface area contributed by atoms with Crippen molar-refractivity contribution in [2.24, 2.45) is 0 Å². The van der Waals surface area contributed by atoms with Crippen LogP contribution >= 0.6 is 7.81 Å². The fourth-order valence-electron chi connectivity index (χ4n) is 4.48. The van der Waals surface area contributed by atoms with Crippen molar-refractivity contribution in [1.82, 2.24) is 0 Å². The minimum atomic E-state index is -10.7. The van der Waals surface area contributed by atoms with Crippen LogP contribution < -0.4 is 4.90 Å². The third kappa shape index (κ3) is 6.43. The number of aliphatic hydroxyl groups is 1. The Kier molecular flexibility index (Phi) is 5.47. The van der Waals surface area contributed by atoms with E-state index in [4.69, 9.17) is 0 Å². The Labute approximate surface area is 176 Å². The summed E-state index contributed by atoms with van der Waals surface area (Å²) >= 11 is 0. The molecule has 0 amide bonds. The standard InChI is InChI=1S/C21H25N2O.F6P/c1-14-10-15(2)20(16(3)11-14)22-8-9-23(13-22)21-18-7-5-4-6-17(18)12-19(21)24;1-7(2,3,4,5)6/h4-7,10-11,13,19,21,24H,8-9,12H2,1-3H3;/q+1;-1/t19-,21+;/m1./s1. The second-order valence-corrected chi connectivity index (χ2v) is 10.1. The van der Waals surface area contributed by atoms with Crippen molar-refractivity contribution in [3.8, 4) is 0 Å². The Hall–Kier alpha value is -2.12. The summed E-state index contributed by atoms with van der Waals surface area (Å²) in [6, 6.07) is 13.0. The second-order valence-electron chi connectivity index (χ2n) is 8.17. The van der Waals surface area contributed by atoms with E-state index >= 15 is 0 Å². The van der Waals surface area contributed by atoms with Crippen LogP contribution in [-0.2, 0) is 6.42 Å². The molecule has 0 radical (unpaired) electrons. The van der Waals surface area contributed by atoms with Gasteiger partial charge in [0.25, 0.3) is 0 Å². The van der Waals surface area contributed by atoms with Crippen molar-refractivity contribution in [3.05, 3.63) is 64.2 Å². The first-order chi connectivity index (χ1) is 14.0. The van der Waals surface area contributed by atoms with Crippen molar-refractivity contribution in [2.75, 3.05) is 18.0 Å². The normalized spacial score (nSPS) is 22.8. The fourth-order valence-corrected chi connectivity index (χ4v) is 4.48. The van der Waals surface area contributed by atoms with Gasteiger partial charge in [-0.3, -0.25) is 4.58 Å². The van der Waals surface area contributed by atoms with E-state index in [1.54, 1.807) is 0 Å². The van der Waals surface area contributed by atoms with Crippen LogP contribution in [0.25, 0.3) is 0 Å². The first kappa shape index (κ1) is 23.5. The van der Waals surface area contributed by atoms with Gasteiger partial charge < -0.3 is 5.11 Å². The van der Waals surface area contributed by atoms with Crippen LogP contribution in [0.2, 0.25) is 0 Å². The van der Waals surface area contributed by atoms with Gasteiger partial charge in [-0.1, -0.05) is 42.0 Å². The fraction of sp³-hybridized carbons (Fsp3) is 0.381. The zero-order chi connectivity index (χ0) is 23.3. The summed E-state index contributed by atoms with van der Waals surface area (Å²) in [5, 5.41) is 10.6. The van der Waals surface area contributed by atoms with Crippen LogP contribution in [0.4, 0.5) is 30.9 Å². The van der Waals surface area contributed by atoms with Crippen molar-refractivity contribution >= 4 is 19.8 Å². The van der Waals surface area contributed by atoms with Gasteiger partial charge in [0.1, 0.15) is 30.9 Å². The first-order valence-corrected chi connectivity index (χ1v) is 11.8. The molecule has 2 atom stereocenters. The predicted molar refractivity (Wildman–Crippen MR) is 112 cm³/mol. The Morgan fingerprint density at radius 1 is 0.968 bits per heavy atom. The van der Waals surface area contributed by atoms with Crippen molar-refractivity contribution in [1.29, 1.82) is 0 Å². The number of nitrogens with zero attached hydrogens (tertiary/aromatic N) is 2. The van der Waals surface area contributed by atoms with Crippen LogP contribution in [-0.4, -0.2) is 35.2 Å². The van der Waals surface area contributed by atoms with E-state index in [0.717, 1.165) is 19.5 Å². The average Bonchev–Trinajstić information content (AvgIpc) is 3.14. The van der Waals surface area contributed by atoms with E-state index in [9.17, 15) is 30.3 Å². The zero-order valence-corrected chi connectivity index (χ0v) is 18.3. The molecule has 0 fully saturated rings. The summed E-state index contributed by atoms with van der Waals surface area (Å²) in [6.45, 7) is 8.44. The van der Waals surface area contributed by atoms with Gasteiger partial charge in [-0.05, 0) is 37.5 Å². The second kappa shape index (κ2) is 7.20. The Balaban J connectivity index is 0.000000339. The molecule has 0 spiro atoms. The maximum atomic E-state index is 10.6. The first-order valence-electron chi connectivity index (χ1n) is 9.77. The van der Waals surface area contributed by atoms with E-state index in [2.05, 4.69) is 73.0 Å². The number of hydrogen-bond acceptors (Lipinski definition) is 2. The predicted octanol–water partition coefficient (Wildman–Crippen LogP) is 6.51. The molecule has 2 aliphatic rings. The number of aryl methyl sites for hydroxylation is 3. The van der Waals surface area contributed by atoms with E-state index in [-0.39, 0.29) is 12.1 Å². The van der Waals surface area contributed by atoms with Crippen molar-refractivity contribution in [2.45, 2.75) is 39.3 Å². The number of anilines is 1. The van der Waals surface area contributed by atoms with Crippen LogP contribution in [0, 0.1) is 20.8 Å². The molecule has 4 rings (SSSR count). The Bertz CT molecular complexity index is 1000. The summed E-state index contributed by atoms with van der Waals surface area (Å²) in [4.78, 5) is 2.34. The molecule has 0 unspecified atom stereocenters. The molecule has 2 aromatic carbocycles. The van der Waals surface area contributed by atoms with Gasteiger partial charge in [0.05, 0.1) is 0 Å². The molecule has 0 aromatic heterocycles.